The molecule has 0 rings (SSSR count). The Morgan fingerprint density at radius 3 is 1.65 bits per heavy atom. The first kappa shape index (κ1) is 47.0. The van der Waals surface area contributed by atoms with Crippen LogP contribution in [0.5, 0.6) is 0 Å². The van der Waals surface area contributed by atoms with Crippen LogP contribution in [0, 0.1) is 0 Å². The molecule has 0 aromatic rings. The summed E-state index contributed by atoms with van der Waals surface area (Å²) in [4.78, 5) is 42.7. The van der Waals surface area contributed by atoms with Gasteiger partial charge in [0.05, 0.1) is 12.7 Å². The number of carbonyl (C=O) groups is 2. The molecule has 0 aliphatic carbocycles. The van der Waals surface area contributed by atoms with E-state index in [1.807, 2.05) is 24.3 Å². The summed E-state index contributed by atoms with van der Waals surface area (Å²) in [5.41, 5.74) is 0. The van der Waals surface area contributed by atoms with Crippen LogP contribution in [-0.4, -0.2) is 52.3 Å². The van der Waals surface area contributed by atoms with E-state index >= 15 is 0 Å². The number of phosphoric acid groups is 1. The van der Waals surface area contributed by atoms with Gasteiger partial charge < -0.3 is 24.4 Å². The Morgan fingerprint density at radius 1 is 0.612 bits per heavy atom. The molecule has 0 aliphatic rings. The van der Waals surface area contributed by atoms with Gasteiger partial charge in [-0.1, -0.05) is 152 Å². The maximum absolute atomic E-state index is 12.3. The molecule has 0 amide bonds. The largest absolute Gasteiger partial charge is 0.469 e. The Hall–Kier alpha value is -2.03. The van der Waals surface area contributed by atoms with Gasteiger partial charge in [0.25, 0.3) is 0 Å². The van der Waals surface area contributed by atoms with Gasteiger partial charge in [-0.25, -0.2) is 4.57 Å². The summed E-state index contributed by atoms with van der Waals surface area (Å²) in [6.07, 6.45) is 37.4. The van der Waals surface area contributed by atoms with Gasteiger partial charge in [-0.3, -0.25) is 14.1 Å². The molecule has 0 radical (unpaired) electrons. The molecule has 0 fully saturated rings. The Kier molecular flexibility index (Phi) is 33.0. The molecule has 3 N–H and O–H groups in total. The zero-order chi connectivity index (χ0) is 36.3. The van der Waals surface area contributed by atoms with Crippen LogP contribution in [0.15, 0.2) is 48.6 Å². The minimum atomic E-state index is -4.77. The van der Waals surface area contributed by atoms with Crippen molar-refractivity contribution in [2.75, 3.05) is 13.2 Å². The molecule has 0 unspecified atom stereocenters. The van der Waals surface area contributed by atoms with Gasteiger partial charge in [0.15, 0.2) is 6.10 Å². The fraction of sp³-hybridized carbons (Fsp3) is 0.744. The van der Waals surface area contributed by atoms with Gasteiger partial charge >= 0.3 is 19.8 Å². The molecular weight excluding hydrogens is 643 g/mol. The number of ether oxygens (including phenoxy) is 2. The third-order valence-corrected chi connectivity index (χ3v) is 8.41. The van der Waals surface area contributed by atoms with Crippen molar-refractivity contribution in [1.29, 1.82) is 0 Å². The lowest BCUT2D eigenvalue weighted by molar-refractivity contribution is -0.161. The Morgan fingerprint density at radius 2 is 1.10 bits per heavy atom. The first-order valence-corrected chi connectivity index (χ1v) is 20.6. The smallest absolute Gasteiger partial charge is 0.462 e. The number of aliphatic hydroxyl groups excluding tert-OH is 1. The highest BCUT2D eigenvalue weighted by Gasteiger charge is 2.22. The molecular formula is C39H69O9P. The molecule has 49 heavy (non-hydrogen) atoms. The molecule has 0 heterocycles. The number of unbranched alkanes of at least 4 members (excludes halogenated alkanes) is 14. The molecule has 284 valence electrons. The minimum absolute atomic E-state index is 0.175. The number of hydrogen-bond donors (Lipinski definition) is 3. The summed E-state index contributed by atoms with van der Waals surface area (Å²) in [5, 5.41) is 9.77. The van der Waals surface area contributed by atoms with Crippen LogP contribution in [-0.2, 0) is 28.2 Å². The highest BCUT2D eigenvalue weighted by Crippen LogP contribution is 2.36. The van der Waals surface area contributed by atoms with Crippen molar-refractivity contribution in [3.05, 3.63) is 48.6 Å². The van der Waals surface area contributed by atoms with Crippen molar-refractivity contribution >= 4 is 19.8 Å². The van der Waals surface area contributed by atoms with Gasteiger partial charge in [-0.15, -0.1) is 0 Å². The lowest BCUT2D eigenvalue weighted by atomic mass is 10.0. The van der Waals surface area contributed by atoms with Crippen LogP contribution in [0.4, 0.5) is 0 Å². The summed E-state index contributed by atoms with van der Waals surface area (Å²) < 4.78 is 26.2. The Balaban J connectivity index is 4.09. The van der Waals surface area contributed by atoms with E-state index in [1.54, 1.807) is 0 Å². The Labute approximate surface area is 297 Å². The number of carbonyl (C=O) groups excluding carboxylic acids is 2. The second kappa shape index (κ2) is 34.4. The number of phosphoric ester groups is 1. The van der Waals surface area contributed by atoms with Gasteiger partial charge in [0, 0.05) is 12.8 Å². The zero-order valence-electron chi connectivity index (χ0n) is 30.7. The molecule has 0 aromatic carbocycles. The van der Waals surface area contributed by atoms with Crippen LogP contribution < -0.4 is 0 Å². The summed E-state index contributed by atoms with van der Waals surface area (Å²) in [6, 6.07) is 0. The first-order valence-electron chi connectivity index (χ1n) is 19.0. The molecule has 10 heteroatoms. The predicted molar refractivity (Wildman–Crippen MR) is 199 cm³/mol. The van der Waals surface area contributed by atoms with E-state index in [1.165, 1.54) is 57.8 Å². The fourth-order valence-electron chi connectivity index (χ4n) is 5.03. The second-order valence-corrected chi connectivity index (χ2v) is 14.0. The monoisotopic (exact) mass is 712 g/mol. The van der Waals surface area contributed by atoms with Gasteiger partial charge in [0.1, 0.15) is 6.61 Å². The topological polar surface area (TPSA) is 140 Å². The Bertz CT molecular complexity index is 954. The number of hydrogen-bond acceptors (Lipinski definition) is 7. The molecule has 0 bridgehead atoms. The number of esters is 2. The molecule has 0 spiro atoms. The standard InChI is InChI=1S/C39H69O9P/c1-3-5-7-8-9-10-11-12-17-20-23-26-29-33-39(42)48-37(35-47-49(43,44)45)34-46-38(41)32-28-25-22-19-16-14-13-15-18-21-24-27-31-36(40)30-6-4-2/h13-14,18-19,21-22,27,31,36-37,40H,3-12,15-17,20,23-26,28-30,32-35H2,1-2H3,(H2,43,44,45)/b14-13-,21-18-,22-19-,31-27-/t36-,37+/m0/s1. The number of aliphatic hydroxyl groups is 1. The third-order valence-electron chi connectivity index (χ3n) is 7.92. The minimum Gasteiger partial charge on any atom is -0.462 e. The maximum atomic E-state index is 12.3. The van der Waals surface area contributed by atoms with Crippen molar-refractivity contribution < 1.29 is 43.0 Å². The molecule has 0 saturated carbocycles. The van der Waals surface area contributed by atoms with Crippen molar-refractivity contribution in [2.24, 2.45) is 0 Å². The summed E-state index contributed by atoms with van der Waals surface area (Å²) in [7, 11) is -4.77. The average Bonchev–Trinajstić information content (AvgIpc) is 3.06. The predicted octanol–water partition coefficient (Wildman–Crippen LogP) is 10.1. The number of allylic oxidation sites excluding steroid dienone is 7. The maximum Gasteiger partial charge on any atom is 0.469 e. The lowest BCUT2D eigenvalue weighted by Gasteiger charge is -2.18. The molecule has 2 atom stereocenters. The summed E-state index contributed by atoms with van der Waals surface area (Å²) in [6.45, 7) is 3.47. The van der Waals surface area contributed by atoms with Crippen LogP contribution in [0.2, 0.25) is 0 Å². The number of rotatable bonds is 34. The normalized spacial score (nSPS) is 13.7. The lowest BCUT2D eigenvalue weighted by Crippen LogP contribution is -2.29. The van der Waals surface area contributed by atoms with Crippen molar-refractivity contribution in [1.82, 2.24) is 0 Å². The highest BCUT2D eigenvalue weighted by atomic mass is 31.2. The van der Waals surface area contributed by atoms with E-state index < -0.39 is 32.5 Å². The van der Waals surface area contributed by atoms with E-state index in [2.05, 4.69) is 42.7 Å². The van der Waals surface area contributed by atoms with Crippen LogP contribution in [0.25, 0.3) is 0 Å². The third kappa shape index (κ3) is 37.1. The van der Waals surface area contributed by atoms with Crippen LogP contribution >= 0.6 is 7.82 Å². The molecule has 9 nitrogen and oxygen atoms in total. The highest BCUT2D eigenvalue weighted by molar-refractivity contribution is 7.46. The van der Waals surface area contributed by atoms with E-state index in [0.29, 0.717) is 19.3 Å². The van der Waals surface area contributed by atoms with E-state index in [-0.39, 0.29) is 25.6 Å². The van der Waals surface area contributed by atoms with Gasteiger partial charge in [-0.05, 0) is 44.9 Å². The summed E-state index contributed by atoms with van der Waals surface area (Å²) >= 11 is 0. The molecule has 0 aromatic heterocycles. The van der Waals surface area contributed by atoms with Crippen LogP contribution in [0.3, 0.4) is 0 Å². The van der Waals surface area contributed by atoms with Crippen molar-refractivity contribution in [2.45, 2.75) is 174 Å². The van der Waals surface area contributed by atoms with Gasteiger partial charge in [-0.2, -0.15) is 0 Å². The first-order chi connectivity index (χ1) is 23.7. The quantitative estimate of drug-likeness (QED) is 0.0257. The zero-order valence-corrected chi connectivity index (χ0v) is 31.6. The SMILES string of the molecule is CCCCCCCCCCCCCCCC(=O)O[C@H](COC(=O)CCC/C=C\C/C=C\C/C=C\C/C=C\[C@@H](O)CCCC)COP(=O)(O)O. The molecule has 0 aliphatic heterocycles. The van der Waals surface area contributed by atoms with Crippen molar-refractivity contribution in [3.8, 4) is 0 Å². The average molecular weight is 713 g/mol. The van der Waals surface area contributed by atoms with E-state index in [9.17, 15) is 19.3 Å². The van der Waals surface area contributed by atoms with Gasteiger partial charge in [0.2, 0.25) is 0 Å². The summed E-state index contributed by atoms with van der Waals surface area (Å²) in [5.74, 6) is -0.973. The van der Waals surface area contributed by atoms with Crippen LogP contribution in [0.1, 0.15) is 162 Å². The fourth-order valence-corrected chi connectivity index (χ4v) is 5.39. The van der Waals surface area contributed by atoms with Crippen molar-refractivity contribution in [3.63, 3.8) is 0 Å². The van der Waals surface area contributed by atoms with E-state index in [0.717, 1.165) is 57.8 Å². The van der Waals surface area contributed by atoms with E-state index in [4.69, 9.17) is 19.3 Å². The molecule has 0 saturated heterocycles. The second-order valence-electron chi connectivity index (χ2n) is 12.7.